The summed E-state index contributed by atoms with van der Waals surface area (Å²) in [6, 6.07) is 0. The first-order valence-corrected chi connectivity index (χ1v) is 7.36. The van der Waals surface area contributed by atoms with Gasteiger partial charge in [-0.25, -0.2) is 12.7 Å². The van der Waals surface area contributed by atoms with Gasteiger partial charge in [-0.1, -0.05) is 15.9 Å². The number of hydrogen-bond donors (Lipinski definition) is 0. The molecular weight excluding hydrogens is 286 g/mol. The van der Waals surface area contributed by atoms with Crippen LogP contribution in [0.15, 0.2) is 0 Å². The Morgan fingerprint density at radius 3 is 2.80 bits per heavy atom. The first-order valence-electron chi connectivity index (χ1n) is 4.63. The normalized spacial score (nSPS) is 23.7. The van der Waals surface area contributed by atoms with Gasteiger partial charge in [0.25, 0.3) is 0 Å². The molecule has 0 N–H and O–H groups in total. The Bertz CT molecular complexity index is 330. The monoisotopic (exact) mass is 299 g/mol. The van der Waals surface area contributed by atoms with Crippen LogP contribution < -0.4 is 0 Å². The molecule has 0 aromatic heterocycles. The molecule has 1 aliphatic heterocycles. The van der Waals surface area contributed by atoms with Crippen molar-refractivity contribution in [1.82, 2.24) is 4.31 Å². The van der Waals surface area contributed by atoms with Crippen molar-refractivity contribution in [2.75, 3.05) is 24.9 Å². The van der Waals surface area contributed by atoms with Gasteiger partial charge in [0.2, 0.25) is 10.0 Å². The van der Waals surface area contributed by atoms with Crippen LogP contribution in [0.2, 0.25) is 0 Å². The van der Waals surface area contributed by atoms with Crippen molar-refractivity contribution >= 4 is 31.9 Å². The van der Waals surface area contributed by atoms with Crippen LogP contribution in [0.25, 0.3) is 0 Å². The number of ether oxygens (including phenoxy) is 1. The van der Waals surface area contributed by atoms with Crippen molar-refractivity contribution < 1.29 is 17.9 Å². The van der Waals surface area contributed by atoms with Gasteiger partial charge in [-0.3, -0.25) is 4.79 Å². The van der Waals surface area contributed by atoms with Crippen molar-refractivity contribution in [3.63, 3.8) is 0 Å². The number of carbonyl (C=O) groups excluding carboxylic acids is 1. The molecule has 1 unspecified atom stereocenters. The molecule has 5 nitrogen and oxygen atoms in total. The van der Waals surface area contributed by atoms with Gasteiger partial charge in [0, 0.05) is 13.1 Å². The molecular formula is C8H14BrNO4S. The van der Waals surface area contributed by atoms with E-state index in [2.05, 4.69) is 20.7 Å². The predicted octanol–water partition coefficient (Wildman–Crippen LogP) is 0.554. The summed E-state index contributed by atoms with van der Waals surface area (Å²) in [6.45, 7) is 0.724. The van der Waals surface area contributed by atoms with Gasteiger partial charge >= 0.3 is 5.97 Å². The van der Waals surface area contributed by atoms with E-state index in [-0.39, 0.29) is 23.1 Å². The van der Waals surface area contributed by atoms with E-state index < -0.39 is 10.0 Å². The van der Waals surface area contributed by atoms with Crippen LogP contribution in [0.3, 0.4) is 0 Å². The molecule has 0 saturated carbocycles. The fourth-order valence-corrected chi connectivity index (χ4v) is 3.44. The second-order valence-corrected chi connectivity index (χ2v) is 6.71. The Morgan fingerprint density at radius 1 is 1.60 bits per heavy atom. The predicted molar refractivity (Wildman–Crippen MR) is 59.0 cm³/mol. The smallest absolute Gasteiger partial charge is 0.309 e. The van der Waals surface area contributed by atoms with E-state index in [1.165, 1.54) is 11.4 Å². The Balaban J connectivity index is 2.68. The molecule has 0 amide bonds. The van der Waals surface area contributed by atoms with E-state index >= 15 is 0 Å². The summed E-state index contributed by atoms with van der Waals surface area (Å²) in [7, 11) is -1.93. The zero-order chi connectivity index (χ0) is 11.5. The molecule has 0 spiro atoms. The summed E-state index contributed by atoms with van der Waals surface area (Å²) in [5.74, 6) is -0.651. The summed E-state index contributed by atoms with van der Waals surface area (Å²) in [6.07, 6.45) is 1.40. The molecule has 0 aliphatic carbocycles. The molecule has 0 bridgehead atoms. The average Bonchev–Trinajstić information content (AvgIpc) is 2.28. The highest BCUT2D eigenvalue weighted by Crippen LogP contribution is 2.20. The SMILES string of the molecule is COC(=O)C1CCCN(S(=O)(=O)CBr)C1. The molecule has 0 aromatic rings. The lowest BCUT2D eigenvalue weighted by Crippen LogP contribution is -2.42. The average molecular weight is 300 g/mol. The van der Waals surface area contributed by atoms with Crippen molar-refractivity contribution in [3.8, 4) is 0 Å². The largest absolute Gasteiger partial charge is 0.469 e. The number of sulfonamides is 1. The molecule has 88 valence electrons. The van der Waals surface area contributed by atoms with Gasteiger partial charge in [-0.05, 0) is 12.8 Å². The lowest BCUT2D eigenvalue weighted by molar-refractivity contribution is -0.146. The third-order valence-corrected chi connectivity index (χ3v) is 5.58. The van der Waals surface area contributed by atoms with E-state index in [1.54, 1.807) is 0 Å². The van der Waals surface area contributed by atoms with Gasteiger partial charge in [0.05, 0.1) is 13.0 Å². The van der Waals surface area contributed by atoms with E-state index in [1.807, 2.05) is 0 Å². The van der Waals surface area contributed by atoms with Crippen LogP contribution in [0.5, 0.6) is 0 Å². The van der Waals surface area contributed by atoms with E-state index in [0.717, 1.165) is 0 Å². The van der Waals surface area contributed by atoms with Crippen LogP contribution in [0, 0.1) is 5.92 Å². The van der Waals surface area contributed by atoms with Gasteiger partial charge in [-0.2, -0.15) is 0 Å². The van der Waals surface area contributed by atoms with Crippen molar-refractivity contribution in [3.05, 3.63) is 0 Å². The minimum Gasteiger partial charge on any atom is -0.469 e. The Morgan fingerprint density at radius 2 is 2.27 bits per heavy atom. The minimum absolute atomic E-state index is 0.103. The maximum Gasteiger partial charge on any atom is 0.309 e. The van der Waals surface area contributed by atoms with Gasteiger partial charge in [0.15, 0.2) is 0 Å². The van der Waals surface area contributed by atoms with Crippen molar-refractivity contribution in [2.24, 2.45) is 5.92 Å². The third-order valence-electron chi connectivity index (χ3n) is 2.45. The van der Waals surface area contributed by atoms with Crippen LogP contribution in [-0.4, -0.2) is 43.6 Å². The topological polar surface area (TPSA) is 63.7 Å². The molecule has 0 aromatic carbocycles. The lowest BCUT2D eigenvalue weighted by Gasteiger charge is -2.29. The number of nitrogens with zero attached hydrogens (tertiary/aromatic N) is 1. The standard InChI is InChI=1S/C8H14BrNO4S/c1-14-8(11)7-3-2-4-10(5-7)15(12,13)6-9/h7H,2-6H2,1H3. The highest BCUT2D eigenvalue weighted by atomic mass is 79.9. The highest BCUT2D eigenvalue weighted by molar-refractivity contribution is 9.10. The van der Waals surface area contributed by atoms with Crippen molar-refractivity contribution in [1.29, 1.82) is 0 Å². The highest BCUT2D eigenvalue weighted by Gasteiger charge is 2.32. The summed E-state index contributed by atoms with van der Waals surface area (Å²) in [4.78, 5) is 11.3. The second-order valence-electron chi connectivity index (χ2n) is 3.44. The fourth-order valence-electron chi connectivity index (χ4n) is 1.62. The molecule has 1 fully saturated rings. The number of alkyl halides is 1. The summed E-state index contributed by atoms with van der Waals surface area (Å²) >= 11 is 2.93. The molecule has 1 rings (SSSR count). The van der Waals surface area contributed by atoms with Crippen molar-refractivity contribution in [2.45, 2.75) is 12.8 Å². The summed E-state index contributed by atoms with van der Waals surface area (Å²) in [5, 5.41) is 0. The first-order chi connectivity index (χ1) is 7.01. The number of esters is 1. The summed E-state index contributed by atoms with van der Waals surface area (Å²) in [5.41, 5.74) is 0. The first kappa shape index (κ1) is 12.9. The number of halogens is 1. The zero-order valence-corrected chi connectivity index (χ0v) is 10.9. The molecule has 7 heteroatoms. The molecule has 1 atom stereocenters. The van der Waals surface area contributed by atoms with Gasteiger partial charge < -0.3 is 4.74 Å². The van der Waals surface area contributed by atoms with Crippen LogP contribution in [0.4, 0.5) is 0 Å². The Labute approximate surface area is 98.0 Å². The second kappa shape index (κ2) is 5.27. The van der Waals surface area contributed by atoms with Gasteiger partial charge in [-0.15, -0.1) is 0 Å². The zero-order valence-electron chi connectivity index (χ0n) is 8.48. The van der Waals surface area contributed by atoms with E-state index in [4.69, 9.17) is 0 Å². The van der Waals surface area contributed by atoms with Crippen LogP contribution in [0.1, 0.15) is 12.8 Å². The molecule has 15 heavy (non-hydrogen) atoms. The number of rotatable bonds is 3. The van der Waals surface area contributed by atoms with E-state index in [9.17, 15) is 13.2 Å². The minimum atomic E-state index is -3.25. The van der Waals surface area contributed by atoms with Gasteiger partial charge in [0.1, 0.15) is 4.66 Å². The fraction of sp³-hybridized carbons (Fsp3) is 0.875. The molecule has 0 radical (unpaired) electrons. The quantitative estimate of drug-likeness (QED) is 0.564. The van der Waals surface area contributed by atoms with Crippen LogP contribution in [-0.2, 0) is 19.6 Å². The van der Waals surface area contributed by atoms with Crippen LogP contribution >= 0.6 is 15.9 Å². The molecule has 1 heterocycles. The van der Waals surface area contributed by atoms with E-state index in [0.29, 0.717) is 19.4 Å². The third kappa shape index (κ3) is 3.15. The molecule has 1 aliphatic rings. The number of piperidine rings is 1. The molecule has 1 saturated heterocycles. The number of carbonyl (C=O) groups is 1. The lowest BCUT2D eigenvalue weighted by atomic mass is 10.0. The number of methoxy groups -OCH3 is 1. The maximum atomic E-state index is 11.5. The number of hydrogen-bond acceptors (Lipinski definition) is 4. The Hall–Kier alpha value is -0.140. The maximum absolute atomic E-state index is 11.5. The summed E-state index contributed by atoms with van der Waals surface area (Å²) < 4.78 is 28.9. The Kier molecular flexibility index (Phi) is 4.54.